The maximum atomic E-state index is 5.66. The maximum absolute atomic E-state index is 5.66. The Kier molecular flexibility index (Phi) is 7.82. The van der Waals surface area contributed by atoms with Gasteiger partial charge in [0.1, 0.15) is 0 Å². The van der Waals surface area contributed by atoms with Gasteiger partial charge < -0.3 is 10.1 Å². The molecule has 17 heavy (non-hydrogen) atoms. The molecule has 1 fully saturated rings. The van der Waals surface area contributed by atoms with Crippen LogP contribution >= 0.6 is 0 Å². The van der Waals surface area contributed by atoms with E-state index in [1.807, 2.05) is 0 Å². The molecule has 1 saturated heterocycles. The molecule has 1 N–H and O–H groups in total. The van der Waals surface area contributed by atoms with Crippen molar-refractivity contribution < 1.29 is 4.74 Å². The molecule has 1 aliphatic heterocycles. The number of likely N-dealkylation sites (tertiary alicyclic amines) is 1. The third kappa shape index (κ3) is 7.02. The van der Waals surface area contributed by atoms with Gasteiger partial charge >= 0.3 is 0 Å². The molecule has 1 rings (SSSR count). The van der Waals surface area contributed by atoms with Gasteiger partial charge in [-0.2, -0.15) is 0 Å². The van der Waals surface area contributed by atoms with Crippen LogP contribution < -0.4 is 5.32 Å². The van der Waals surface area contributed by atoms with Crippen LogP contribution in [-0.2, 0) is 4.74 Å². The maximum Gasteiger partial charge on any atom is 0.0593 e. The number of hydrogen-bond acceptors (Lipinski definition) is 3. The van der Waals surface area contributed by atoms with Gasteiger partial charge in [-0.15, -0.1) is 0 Å². The second kappa shape index (κ2) is 8.90. The van der Waals surface area contributed by atoms with Crippen molar-refractivity contribution in [3.05, 3.63) is 0 Å². The Morgan fingerprint density at radius 2 is 2.18 bits per heavy atom. The van der Waals surface area contributed by atoms with Crippen LogP contribution in [0.2, 0.25) is 0 Å². The third-order valence-corrected chi connectivity index (χ3v) is 3.35. The molecule has 0 aromatic heterocycles. The fourth-order valence-electron chi connectivity index (χ4n) is 2.17. The average Bonchev–Trinajstić information content (AvgIpc) is 2.73. The van der Waals surface area contributed by atoms with Gasteiger partial charge in [-0.3, -0.25) is 4.90 Å². The summed E-state index contributed by atoms with van der Waals surface area (Å²) in [5, 5.41) is 3.60. The molecule has 0 aliphatic carbocycles. The van der Waals surface area contributed by atoms with Crippen LogP contribution in [0.15, 0.2) is 0 Å². The van der Waals surface area contributed by atoms with Crippen molar-refractivity contribution in [3.63, 3.8) is 0 Å². The minimum atomic E-state index is 0.714. The zero-order chi connectivity index (χ0) is 12.5. The van der Waals surface area contributed by atoms with Gasteiger partial charge in [-0.1, -0.05) is 20.8 Å². The molecule has 0 radical (unpaired) electrons. The van der Waals surface area contributed by atoms with Crippen LogP contribution in [0.4, 0.5) is 0 Å². The summed E-state index contributed by atoms with van der Waals surface area (Å²) in [5.41, 5.74) is 0. The topological polar surface area (TPSA) is 24.5 Å². The Labute approximate surface area is 107 Å². The van der Waals surface area contributed by atoms with Gasteiger partial charge in [0, 0.05) is 25.7 Å². The number of nitrogens with one attached hydrogen (secondary N) is 1. The fraction of sp³-hybridized carbons (Fsp3) is 1.00. The largest absolute Gasteiger partial charge is 0.380 e. The Bertz CT molecular complexity index is 185. The molecule has 1 atom stereocenters. The summed E-state index contributed by atoms with van der Waals surface area (Å²) >= 11 is 0. The highest BCUT2D eigenvalue weighted by molar-refractivity contribution is 4.80. The number of rotatable bonds is 9. The highest BCUT2D eigenvalue weighted by Gasteiger charge is 2.20. The first-order valence-electron chi connectivity index (χ1n) is 7.25. The summed E-state index contributed by atoms with van der Waals surface area (Å²) < 4.78 is 5.66. The predicted octanol–water partition coefficient (Wildman–Crippen LogP) is 2.12. The fourth-order valence-corrected chi connectivity index (χ4v) is 2.17. The van der Waals surface area contributed by atoms with Gasteiger partial charge in [0.15, 0.2) is 0 Å². The van der Waals surface area contributed by atoms with E-state index in [2.05, 4.69) is 31.0 Å². The monoisotopic (exact) mass is 242 g/mol. The van der Waals surface area contributed by atoms with E-state index in [9.17, 15) is 0 Å². The van der Waals surface area contributed by atoms with Crippen molar-refractivity contribution in [3.8, 4) is 0 Å². The molecule has 3 nitrogen and oxygen atoms in total. The number of ether oxygens (including phenoxy) is 1. The molecule has 0 aromatic carbocycles. The van der Waals surface area contributed by atoms with E-state index >= 15 is 0 Å². The molecule has 1 aliphatic rings. The van der Waals surface area contributed by atoms with Crippen LogP contribution in [-0.4, -0.2) is 50.3 Å². The third-order valence-electron chi connectivity index (χ3n) is 3.35. The number of hydrogen-bond donors (Lipinski definition) is 1. The van der Waals surface area contributed by atoms with Crippen molar-refractivity contribution in [1.29, 1.82) is 0 Å². The van der Waals surface area contributed by atoms with Gasteiger partial charge in [0.05, 0.1) is 6.61 Å². The van der Waals surface area contributed by atoms with Crippen molar-refractivity contribution in [2.24, 2.45) is 5.92 Å². The molecule has 1 heterocycles. The molecular weight excluding hydrogens is 212 g/mol. The zero-order valence-corrected chi connectivity index (χ0v) is 11.9. The SMILES string of the molecule is CCCNC1CCN(CCOCCC(C)C)C1. The van der Waals surface area contributed by atoms with Crippen LogP contribution in [0.25, 0.3) is 0 Å². The van der Waals surface area contributed by atoms with Crippen LogP contribution in [0.3, 0.4) is 0 Å². The van der Waals surface area contributed by atoms with Crippen LogP contribution in [0, 0.1) is 5.92 Å². The number of nitrogens with zero attached hydrogens (tertiary/aromatic N) is 1. The molecule has 0 spiro atoms. The summed E-state index contributed by atoms with van der Waals surface area (Å²) in [5.74, 6) is 0.754. The first-order valence-corrected chi connectivity index (χ1v) is 7.25. The first-order chi connectivity index (χ1) is 8.22. The molecule has 0 amide bonds. The Hall–Kier alpha value is -0.120. The lowest BCUT2D eigenvalue weighted by atomic mass is 10.1. The van der Waals surface area contributed by atoms with Crippen LogP contribution in [0.5, 0.6) is 0 Å². The second-order valence-corrected chi connectivity index (χ2v) is 5.54. The highest BCUT2D eigenvalue weighted by atomic mass is 16.5. The molecular formula is C14H30N2O. The van der Waals surface area contributed by atoms with Gasteiger partial charge in [-0.05, 0) is 38.3 Å². The Morgan fingerprint density at radius 3 is 2.88 bits per heavy atom. The standard InChI is InChI=1S/C14H30N2O/c1-4-7-15-14-5-8-16(12-14)9-11-17-10-6-13(2)3/h13-15H,4-12H2,1-3H3. The second-order valence-electron chi connectivity index (χ2n) is 5.54. The summed E-state index contributed by atoms with van der Waals surface area (Å²) in [7, 11) is 0. The van der Waals surface area contributed by atoms with E-state index in [1.54, 1.807) is 0 Å². The van der Waals surface area contributed by atoms with E-state index in [4.69, 9.17) is 4.74 Å². The molecule has 1 unspecified atom stereocenters. The zero-order valence-electron chi connectivity index (χ0n) is 11.9. The highest BCUT2D eigenvalue weighted by Crippen LogP contribution is 2.08. The van der Waals surface area contributed by atoms with E-state index < -0.39 is 0 Å². The quantitative estimate of drug-likeness (QED) is 0.627. The molecule has 0 bridgehead atoms. The van der Waals surface area contributed by atoms with Gasteiger partial charge in [-0.25, -0.2) is 0 Å². The summed E-state index contributed by atoms with van der Waals surface area (Å²) in [6, 6.07) is 0.714. The first kappa shape index (κ1) is 14.9. The minimum Gasteiger partial charge on any atom is -0.380 e. The molecule has 102 valence electrons. The normalized spacial score (nSPS) is 21.5. The van der Waals surface area contributed by atoms with Crippen molar-refractivity contribution in [2.45, 2.75) is 46.1 Å². The predicted molar refractivity (Wildman–Crippen MR) is 73.4 cm³/mol. The molecule has 0 saturated carbocycles. The van der Waals surface area contributed by atoms with Crippen LogP contribution in [0.1, 0.15) is 40.0 Å². The Balaban J connectivity index is 1.94. The van der Waals surface area contributed by atoms with E-state index in [0.717, 1.165) is 32.2 Å². The van der Waals surface area contributed by atoms with E-state index in [-0.39, 0.29) is 0 Å². The lowest BCUT2D eigenvalue weighted by Crippen LogP contribution is -2.34. The molecule has 0 aromatic rings. The van der Waals surface area contributed by atoms with E-state index in [0.29, 0.717) is 6.04 Å². The van der Waals surface area contributed by atoms with Gasteiger partial charge in [0.2, 0.25) is 0 Å². The lowest BCUT2D eigenvalue weighted by molar-refractivity contribution is 0.102. The van der Waals surface area contributed by atoms with E-state index in [1.165, 1.54) is 32.4 Å². The minimum absolute atomic E-state index is 0.714. The molecule has 3 heteroatoms. The summed E-state index contributed by atoms with van der Waals surface area (Å²) in [6.45, 7) is 13.2. The summed E-state index contributed by atoms with van der Waals surface area (Å²) in [4.78, 5) is 2.52. The van der Waals surface area contributed by atoms with Gasteiger partial charge in [0.25, 0.3) is 0 Å². The summed E-state index contributed by atoms with van der Waals surface area (Å²) in [6.07, 6.45) is 3.71. The van der Waals surface area contributed by atoms with Crippen molar-refractivity contribution in [1.82, 2.24) is 10.2 Å². The van der Waals surface area contributed by atoms with Crippen molar-refractivity contribution >= 4 is 0 Å². The smallest absolute Gasteiger partial charge is 0.0593 e. The van der Waals surface area contributed by atoms with Crippen molar-refractivity contribution in [2.75, 3.05) is 39.4 Å². The average molecular weight is 242 g/mol. The lowest BCUT2D eigenvalue weighted by Gasteiger charge is -2.16. The Morgan fingerprint density at radius 1 is 1.35 bits per heavy atom.